The van der Waals surface area contributed by atoms with Gasteiger partial charge in [0.25, 0.3) is 0 Å². The number of carbonyl (C=O) groups is 1. The lowest BCUT2D eigenvalue weighted by Crippen LogP contribution is -2.12. The van der Waals surface area contributed by atoms with Gasteiger partial charge in [-0.1, -0.05) is 36.4 Å². The first-order chi connectivity index (χ1) is 12.3. The number of aryl methyl sites for hydroxylation is 1. The topological polar surface area (TPSA) is 70.9 Å². The van der Waals surface area contributed by atoms with Gasteiger partial charge in [-0.05, 0) is 23.6 Å². The Morgan fingerprint density at radius 1 is 1.12 bits per heavy atom. The molecule has 0 aliphatic heterocycles. The van der Waals surface area contributed by atoms with Crippen LogP contribution < -0.4 is 5.32 Å². The zero-order valence-corrected chi connectivity index (χ0v) is 13.5. The summed E-state index contributed by atoms with van der Waals surface area (Å²) in [6.07, 6.45) is 4.35. The van der Waals surface area contributed by atoms with Crippen LogP contribution in [-0.4, -0.2) is 15.9 Å². The first-order valence-corrected chi connectivity index (χ1v) is 8.15. The summed E-state index contributed by atoms with van der Waals surface area (Å²) >= 11 is 0. The molecular formula is C20H17N3O2. The largest absolute Gasteiger partial charge is 0.441 e. The van der Waals surface area contributed by atoms with E-state index in [4.69, 9.17) is 4.42 Å². The van der Waals surface area contributed by atoms with Crippen molar-refractivity contribution in [3.8, 4) is 11.3 Å². The fourth-order valence-corrected chi connectivity index (χ4v) is 2.73. The molecule has 124 valence electrons. The number of carbonyl (C=O) groups excluding carboxylic acids is 1. The Bertz CT molecular complexity index is 1000. The number of H-pyrrole nitrogens is 1. The highest BCUT2D eigenvalue weighted by molar-refractivity contribution is 5.93. The summed E-state index contributed by atoms with van der Waals surface area (Å²) in [7, 11) is 0. The molecule has 0 bridgehead atoms. The molecule has 0 unspecified atom stereocenters. The van der Waals surface area contributed by atoms with Gasteiger partial charge in [0.05, 0.1) is 6.20 Å². The van der Waals surface area contributed by atoms with E-state index < -0.39 is 0 Å². The minimum atomic E-state index is -0.0645. The Morgan fingerprint density at radius 3 is 2.88 bits per heavy atom. The highest BCUT2D eigenvalue weighted by Crippen LogP contribution is 2.21. The normalized spacial score (nSPS) is 10.9. The Morgan fingerprint density at radius 2 is 2.00 bits per heavy atom. The molecule has 1 amide bonds. The number of hydrogen-bond acceptors (Lipinski definition) is 3. The van der Waals surface area contributed by atoms with Crippen LogP contribution in [0.3, 0.4) is 0 Å². The van der Waals surface area contributed by atoms with E-state index >= 15 is 0 Å². The third-order valence-electron chi connectivity index (χ3n) is 4.02. The van der Waals surface area contributed by atoms with Crippen LogP contribution in [0.15, 0.2) is 71.4 Å². The average Bonchev–Trinajstić information content (AvgIpc) is 3.30. The van der Waals surface area contributed by atoms with Gasteiger partial charge in [-0.2, -0.15) is 0 Å². The van der Waals surface area contributed by atoms with Crippen LogP contribution in [0.25, 0.3) is 22.2 Å². The molecule has 0 radical (unpaired) electrons. The molecule has 0 aliphatic carbocycles. The first-order valence-electron chi connectivity index (χ1n) is 8.15. The number of anilines is 1. The molecule has 2 N–H and O–H groups in total. The summed E-state index contributed by atoms with van der Waals surface area (Å²) in [4.78, 5) is 19.5. The fourth-order valence-electron chi connectivity index (χ4n) is 2.73. The fraction of sp³-hybridized carbons (Fsp3) is 0.100. The molecular weight excluding hydrogens is 314 g/mol. The maximum absolute atomic E-state index is 12.1. The van der Waals surface area contributed by atoms with E-state index in [1.54, 1.807) is 6.20 Å². The highest BCUT2D eigenvalue weighted by Gasteiger charge is 2.09. The Balaban J connectivity index is 1.36. The lowest BCUT2D eigenvalue weighted by molar-refractivity contribution is -0.116. The molecule has 5 heteroatoms. The lowest BCUT2D eigenvalue weighted by atomic mass is 10.2. The van der Waals surface area contributed by atoms with Crippen LogP contribution in [0.1, 0.15) is 12.3 Å². The summed E-state index contributed by atoms with van der Waals surface area (Å²) in [5.41, 5.74) is 2.75. The van der Waals surface area contributed by atoms with Crippen molar-refractivity contribution < 1.29 is 9.21 Å². The van der Waals surface area contributed by atoms with Crippen molar-refractivity contribution in [2.75, 3.05) is 5.32 Å². The van der Waals surface area contributed by atoms with Gasteiger partial charge in [-0.15, -0.1) is 0 Å². The molecule has 0 saturated heterocycles. The number of amides is 1. The maximum atomic E-state index is 12.1. The number of rotatable bonds is 5. The van der Waals surface area contributed by atoms with E-state index in [1.807, 2.05) is 60.8 Å². The maximum Gasteiger partial charge on any atom is 0.224 e. The lowest BCUT2D eigenvalue weighted by Gasteiger charge is -2.04. The number of fused-ring (bicyclic) bond motifs is 1. The summed E-state index contributed by atoms with van der Waals surface area (Å²) in [6.45, 7) is 0. The number of aromatic nitrogens is 2. The van der Waals surface area contributed by atoms with Crippen molar-refractivity contribution in [1.29, 1.82) is 0 Å². The number of aromatic amines is 1. The number of nitrogens with zero attached hydrogens (tertiary/aromatic N) is 1. The van der Waals surface area contributed by atoms with Crippen LogP contribution in [0.5, 0.6) is 0 Å². The van der Waals surface area contributed by atoms with Crippen molar-refractivity contribution in [2.45, 2.75) is 12.8 Å². The second-order valence-corrected chi connectivity index (χ2v) is 5.81. The number of nitrogens with one attached hydrogen (secondary N) is 2. The van der Waals surface area contributed by atoms with E-state index in [-0.39, 0.29) is 5.91 Å². The van der Waals surface area contributed by atoms with Gasteiger partial charge in [0.1, 0.15) is 0 Å². The number of benzene rings is 2. The van der Waals surface area contributed by atoms with Gasteiger partial charge >= 0.3 is 0 Å². The van der Waals surface area contributed by atoms with Gasteiger partial charge in [0, 0.05) is 35.8 Å². The SMILES string of the molecule is O=C(CCc1ncc(-c2ccccc2)o1)Nc1ccc2cc[nH]c2c1. The number of oxazole rings is 1. The second kappa shape index (κ2) is 6.65. The van der Waals surface area contributed by atoms with Gasteiger partial charge in [0.2, 0.25) is 5.91 Å². The van der Waals surface area contributed by atoms with E-state index in [0.717, 1.165) is 22.2 Å². The van der Waals surface area contributed by atoms with Crippen molar-refractivity contribution in [3.63, 3.8) is 0 Å². The van der Waals surface area contributed by atoms with Crippen molar-refractivity contribution in [1.82, 2.24) is 9.97 Å². The molecule has 0 spiro atoms. The molecule has 0 aliphatic rings. The van der Waals surface area contributed by atoms with Crippen molar-refractivity contribution in [2.24, 2.45) is 0 Å². The molecule has 25 heavy (non-hydrogen) atoms. The van der Waals surface area contributed by atoms with Crippen LogP contribution in [0, 0.1) is 0 Å². The van der Waals surface area contributed by atoms with E-state index in [1.165, 1.54) is 0 Å². The molecule has 4 rings (SSSR count). The highest BCUT2D eigenvalue weighted by atomic mass is 16.4. The van der Waals surface area contributed by atoms with E-state index in [2.05, 4.69) is 15.3 Å². The first kappa shape index (κ1) is 15.2. The second-order valence-electron chi connectivity index (χ2n) is 5.81. The summed E-state index contributed by atoms with van der Waals surface area (Å²) < 4.78 is 5.72. The predicted octanol–water partition coefficient (Wildman–Crippen LogP) is 4.39. The van der Waals surface area contributed by atoms with Crippen LogP contribution >= 0.6 is 0 Å². The van der Waals surface area contributed by atoms with Crippen LogP contribution in [-0.2, 0) is 11.2 Å². The monoisotopic (exact) mass is 331 g/mol. The van der Waals surface area contributed by atoms with E-state index in [0.29, 0.717) is 24.5 Å². The minimum Gasteiger partial charge on any atom is -0.441 e. The molecule has 2 heterocycles. The zero-order chi connectivity index (χ0) is 17.1. The standard InChI is InChI=1S/C20H17N3O2/c24-19(23-16-7-6-14-10-11-21-17(14)12-16)8-9-20-22-13-18(25-20)15-4-2-1-3-5-15/h1-7,10-13,21H,8-9H2,(H,23,24). The van der Waals surface area contributed by atoms with Gasteiger partial charge < -0.3 is 14.7 Å². The Labute approximate surface area is 144 Å². The molecule has 2 aromatic carbocycles. The van der Waals surface area contributed by atoms with Crippen molar-refractivity contribution >= 4 is 22.5 Å². The number of hydrogen-bond donors (Lipinski definition) is 2. The van der Waals surface area contributed by atoms with Gasteiger partial charge in [-0.3, -0.25) is 4.79 Å². The predicted molar refractivity (Wildman–Crippen MR) is 97.2 cm³/mol. The third kappa shape index (κ3) is 3.45. The Hall–Kier alpha value is -3.34. The molecule has 4 aromatic rings. The molecule has 0 fully saturated rings. The summed E-state index contributed by atoms with van der Waals surface area (Å²) in [5, 5.41) is 4.02. The molecule has 0 atom stereocenters. The third-order valence-corrected chi connectivity index (χ3v) is 4.02. The zero-order valence-electron chi connectivity index (χ0n) is 13.5. The molecule has 2 aromatic heterocycles. The van der Waals surface area contributed by atoms with Crippen LogP contribution in [0.4, 0.5) is 5.69 Å². The van der Waals surface area contributed by atoms with E-state index in [9.17, 15) is 4.79 Å². The Kier molecular flexibility index (Phi) is 4.04. The van der Waals surface area contributed by atoms with Crippen LogP contribution in [0.2, 0.25) is 0 Å². The smallest absolute Gasteiger partial charge is 0.224 e. The summed E-state index contributed by atoms with van der Waals surface area (Å²) in [6, 6.07) is 17.6. The summed E-state index contributed by atoms with van der Waals surface area (Å²) in [5.74, 6) is 1.22. The van der Waals surface area contributed by atoms with Crippen molar-refractivity contribution in [3.05, 3.63) is 72.9 Å². The average molecular weight is 331 g/mol. The molecule has 0 saturated carbocycles. The quantitative estimate of drug-likeness (QED) is 0.569. The van der Waals surface area contributed by atoms with Gasteiger partial charge in [-0.25, -0.2) is 4.98 Å². The minimum absolute atomic E-state index is 0.0645. The van der Waals surface area contributed by atoms with Gasteiger partial charge in [0.15, 0.2) is 11.7 Å². The molecule has 5 nitrogen and oxygen atoms in total.